The summed E-state index contributed by atoms with van der Waals surface area (Å²) < 4.78 is 0. The molecule has 0 bridgehead atoms. The molecule has 1 aromatic heterocycles. The summed E-state index contributed by atoms with van der Waals surface area (Å²) in [6.07, 6.45) is 1.48. The molecule has 2 amide bonds. The average molecular weight is 298 g/mol. The third-order valence-corrected chi connectivity index (χ3v) is 3.92. The normalized spacial score (nSPS) is 13.1. The highest BCUT2D eigenvalue weighted by Gasteiger charge is 2.38. The predicted molar refractivity (Wildman–Crippen MR) is 78.4 cm³/mol. The Hall–Kier alpha value is -2.49. The number of nitrogens with zero attached hydrogens (tertiary/aromatic N) is 2. The van der Waals surface area contributed by atoms with Gasteiger partial charge in [-0.05, 0) is 19.1 Å². The molecule has 21 heavy (non-hydrogen) atoms. The van der Waals surface area contributed by atoms with Crippen LogP contribution in [0, 0.1) is 18.8 Å². The van der Waals surface area contributed by atoms with Crippen molar-refractivity contribution in [2.75, 3.05) is 11.5 Å². The molecule has 2 heterocycles. The van der Waals surface area contributed by atoms with Crippen molar-refractivity contribution >= 4 is 28.3 Å². The van der Waals surface area contributed by atoms with Crippen LogP contribution in [0.1, 0.15) is 31.2 Å². The molecule has 5 nitrogen and oxygen atoms in total. The molecule has 1 N–H and O–H groups in total. The molecular weight excluding hydrogens is 288 g/mol. The van der Waals surface area contributed by atoms with E-state index in [1.54, 1.807) is 18.2 Å². The number of carbonyl (C=O) groups excluding carboxylic acids is 2. The summed E-state index contributed by atoms with van der Waals surface area (Å²) in [5, 5.41) is 8.96. The van der Waals surface area contributed by atoms with Crippen LogP contribution < -0.4 is 4.90 Å². The topological polar surface area (TPSA) is 70.5 Å². The largest absolute Gasteiger partial charge is 0.384 e. The standard InChI is InChI=1S/C15H10N2O3S/c1-9-4-5-11-12(7-9)14(20)17(13(11)19)15-16-8-10(21-15)3-2-6-18/h4-5,7-8,18H,6H2,1H3. The summed E-state index contributed by atoms with van der Waals surface area (Å²) in [4.78, 5) is 30.5. The summed E-state index contributed by atoms with van der Waals surface area (Å²) >= 11 is 1.14. The molecule has 2 aromatic rings. The molecule has 1 aliphatic heterocycles. The number of aliphatic hydroxyl groups is 1. The van der Waals surface area contributed by atoms with E-state index < -0.39 is 0 Å². The quantitative estimate of drug-likeness (QED) is 0.641. The maximum absolute atomic E-state index is 12.4. The van der Waals surface area contributed by atoms with Crippen LogP contribution in [0.5, 0.6) is 0 Å². The number of thiazole rings is 1. The van der Waals surface area contributed by atoms with Gasteiger partial charge in [-0.25, -0.2) is 9.88 Å². The average Bonchev–Trinajstić information content (AvgIpc) is 3.01. The Kier molecular flexibility index (Phi) is 3.29. The van der Waals surface area contributed by atoms with E-state index >= 15 is 0 Å². The molecule has 104 valence electrons. The van der Waals surface area contributed by atoms with Crippen molar-refractivity contribution < 1.29 is 14.7 Å². The van der Waals surface area contributed by atoms with Crippen LogP contribution in [0.4, 0.5) is 5.13 Å². The number of aryl methyl sites for hydroxylation is 1. The van der Waals surface area contributed by atoms with Gasteiger partial charge in [-0.15, -0.1) is 0 Å². The molecule has 0 saturated carbocycles. The number of carbonyl (C=O) groups is 2. The summed E-state index contributed by atoms with van der Waals surface area (Å²) in [6.45, 7) is 1.62. The molecule has 0 saturated heterocycles. The number of fused-ring (bicyclic) bond motifs is 1. The van der Waals surface area contributed by atoms with Crippen molar-refractivity contribution in [2.24, 2.45) is 0 Å². The molecule has 0 aliphatic carbocycles. The van der Waals surface area contributed by atoms with Gasteiger partial charge in [0.25, 0.3) is 11.8 Å². The lowest BCUT2D eigenvalue weighted by Crippen LogP contribution is -2.29. The van der Waals surface area contributed by atoms with Gasteiger partial charge in [-0.3, -0.25) is 9.59 Å². The highest BCUT2D eigenvalue weighted by atomic mass is 32.1. The second-order valence-corrected chi connectivity index (χ2v) is 5.47. The number of hydrogen-bond acceptors (Lipinski definition) is 5. The Labute approximate surface area is 124 Å². The molecule has 6 heteroatoms. The van der Waals surface area contributed by atoms with Crippen LogP contribution in [0.15, 0.2) is 24.4 Å². The van der Waals surface area contributed by atoms with Crippen molar-refractivity contribution in [3.05, 3.63) is 46.0 Å². The Morgan fingerprint density at radius 2 is 2.05 bits per heavy atom. The fraction of sp³-hybridized carbons (Fsp3) is 0.133. The number of benzene rings is 1. The van der Waals surface area contributed by atoms with E-state index in [4.69, 9.17) is 5.11 Å². The van der Waals surface area contributed by atoms with Gasteiger partial charge >= 0.3 is 0 Å². The first-order valence-corrected chi connectivity index (χ1v) is 6.98. The summed E-state index contributed by atoms with van der Waals surface area (Å²) in [5.74, 6) is 4.47. The minimum absolute atomic E-state index is 0.250. The zero-order chi connectivity index (χ0) is 15.0. The van der Waals surface area contributed by atoms with Crippen LogP contribution in [0.3, 0.4) is 0 Å². The summed E-state index contributed by atoms with van der Waals surface area (Å²) in [5.41, 5.74) is 1.72. The lowest BCUT2D eigenvalue weighted by Gasteiger charge is -2.08. The maximum Gasteiger partial charge on any atom is 0.268 e. The number of aliphatic hydroxyl groups excluding tert-OH is 1. The first-order chi connectivity index (χ1) is 10.1. The van der Waals surface area contributed by atoms with Crippen LogP contribution in [0.25, 0.3) is 0 Å². The van der Waals surface area contributed by atoms with E-state index in [-0.39, 0.29) is 18.4 Å². The van der Waals surface area contributed by atoms with Gasteiger partial charge in [0, 0.05) is 0 Å². The first-order valence-electron chi connectivity index (χ1n) is 6.17. The molecule has 0 radical (unpaired) electrons. The van der Waals surface area contributed by atoms with Gasteiger partial charge in [0.05, 0.1) is 22.2 Å². The zero-order valence-corrected chi connectivity index (χ0v) is 11.9. The van der Waals surface area contributed by atoms with Crippen molar-refractivity contribution in [3.63, 3.8) is 0 Å². The Bertz CT molecular complexity index is 814. The number of aromatic nitrogens is 1. The summed E-state index contributed by atoms with van der Waals surface area (Å²) in [6, 6.07) is 5.16. The van der Waals surface area contributed by atoms with Crippen LogP contribution in [-0.2, 0) is 0 Å². The van der Waals surface area contributed by atoms with Crippen molar-refractivity contribution in [3.8, 4) is 11.8 Å². The smallest absolute Gasteiger partial charge is 0.268 e. The fourth-order valence-corrected chi connectivity index (χ4v) is 2.87. The van der Waals surface area contributed by atoms with E-state index in [0.29, 0.717) is 21.1 Å². The Morgan fingerprint density at radius 3 is 2.81 bits per heavy atom. The molecule has 1 aromatic carbocycles. The Balaban J connectivity index is 2.00. The lowest BCUT2D eigenvalue weighted by molar-refractivity contribution is 0.0926. The SMILES string of the molecule is Cc1ccc2c(c1)C(=O)N(c1ncc(C#CCO)s1)C2=O. The second-order valence-electron chi connectivity index (χ2n) is 4.46. The van der Waals surface area contributed by atoms with Gasteiger partial charge in [0.1, 0.15) is 6.61 Å². The van der Waals surface area contributed by atoms with Gasteiger partial charge in [-0.1, -0.05) is 34.8 Å². The first kappa shape index (κ1) is 13.5. The molecule has 0 unspecified atom stereocenters. The predicted octanol–water partition coefficient (Wildman–Crippen LogP) is 1.60. The van der Waals surface area contributed by atoms with Gasteiger partial charge in [0.15, 0.2) is 0 Å². The minimum Gasteiger partial charge on any atom is -0.384 e. The molecular formula is C15H10N2O3S. The van der Waals surface area contributed by atoms with E-state index in [1.165, 1.54) is 6.20 Å². The zero-order valence-electron chi connectivity index (χ0n) is 11.1. The fourth-order valence-electron chi connectivity index (χ4n) is 2.08. The third kappa shape index (κ3) is 2.23. The molecule has 0 atom stereocenters. The number of hydrogen-bond donors (Lipinski definition) is 1. The molecule has 3 rings (SSSR count). The number of imide groups is 1. The number of anilines is 1. The number of rotatable bonds is 1. The van der Waals surface area contributed by atoms with Gasteiger partial charge in [0.2, 0.25) is 5.13 Å². The van der Waals surface area contributed by atoms with Crippen molar-refractivity contribution in [1.29, 1.82) is 0 Å². The van der Waals surface area contributed by atoms with Crippen molar-refractivity contribution in [1.82, 2.24) is 4.98 Å². The molecule has 0 fully saturated rings. The lowest BCUT2D eigenvalue weighted by atomic mass is 10.1. The molecule has 1 aliphatic rings. The highest BCUT2D eigenvalue weighted by molar-refractivity contribution is 7.16. The van der Waals surface area contributed by atoms with Crippen LogP contribution in [-0.4, -0.2) is 28.5 Å². The minimum atomic E-state index is -0.369. The van der Waals surface area contributed by atoms with Gasteiger partial charge < -0.3 is 5.11 Å². The van der Waals surface area contributed by atoms with E-state index in [9.17, 15) is 9.59 Å². The van der Waals surface area contributed by atoms with E-state index in [1.807, 2.05) is 6.92 Å². The Morgan fingerprint density at radius 1 is 1.29 bits per heavy atom. The van der Waals surface area contributed by atoms with E-state index in [0.717, 1.165) is 21.8 Å². The maximum atomic E-state index is 12.4. The summed E-state index contributed by atoms with van der Waals surface area (Å²) in [7, 11) is 0. The van der Waals surface area contributed by atoms with Crippen LogP contribution in [0.2, 0.25) is 0 Å². The highest BCUT2D eigenvalue weighted by Crippen LogP contribution is 2.31. The van der Waals surface area contributed by atoms with Crippen LogP contribution >= 0.6 is 11.3 Å². The third-order valence-electron chi connectivity index (χ3n) is 3.02. The second kappa shape index (κ2) is 5.13. The monoisotopic (exact) mass is 298 g/mol. The molecule has 0 spiro atoms. The van der Waals surface area contributed by atoms with Crippen molar-refractivity contribution in [2.45, 2.75) is 6.92 Å². The van der Waals surface area contributed by atoms with E-state index in [2.05, 4.69) is 16.8 Å². The van der Waals surface area contributed by atoms with Gasteiger partial charge in [-0.2, -0.15) is 0 Å². The number of amides is 2.